The van der Waals surface area contributed by atoms with Crippen molar-refractivity contribution in [2.24, 2.45) is 0 Å². The maximum atomic E-state index is 5.96. The molecule has 0 bridgehead atoms. The van der Waals surface area contributed by atoms with Gasteiger partial charge in [0.05, 0.1) is 5.69 Å². The van der Waals surface area contributed by atoms with Crippen LogP contribution in [0.25, 0.3) is 0 Å². The minimum absolute atomic E-state index is 0.519. The number of para-hydroxylation sites is 1. The van der Waals surface area contributed by atoms with E-state index in [0.29, 0.717) is 12.0 Å². The monoisotopic (exact) mass is 242 g/mol. The molecule has 0 spiro atoms. The summed E-state index contributed by atoms with van der Waals surface area (Å²) in [7, 11) is 0. The summed E-state index contributed by atoms with van der Waals surface area (Å²) < 4.78 is 4.46. The van der Waals surface area contributed by atoms with E-state index >= 15 is 0 Å². The van der Waals surface area contributed by atoms with Crippen LogP contribution in [0, 0.1) is 0 Å². The van der Waals surface area contributed by atoms with Gasteiger partial charge in [-0.25, -0.2) is 4.31 Å². The molecule has 0 aliphatic carbocycles. The largest absolute Gasteiger partial charge is 0.288 e. The molecule has 1 aliphatic heterocycles. The smallest absolute Gasteiger partial charge is 0.105 e. The summed E-state index contributed by atoms with van der Waals surface area (Å²) >= 11 is 7.67. The lowest BCUT2D eigenvalue weighted by Crippen LogP contribution is -2.34. The fraction of sp³-hybridized carbons (Fsp3) is 0.455. The summed E-state index contributed by atoms with van der Waals surface area (Å²) in [5, 5.41) is 0. The Hall–Kier alpha value is -0.380. The molecule has 15 heavy (non-hydrogen) atoms. The van der Waals surface area contributed by atoms with E-state index in [4.69, 9.17) is 11.6 Å². The molecule has 4 heteroatoms. The summed E-state index contributed by atoms with van der Waals surface area (Å²) in [5.41, 5.74) is 2.60. The highest BCUT2D eigenvalue weighted by atomic mass is 35.5. The number of rotatable bonds is 2. The Bertz CT molecular complexity index is 343. The number of fused-ring (bicyclic) bond motifs is 1. The van der Waals surface area contributed by atoms with Crippen LogP contribution in [-0.2, 0) is 6.54 Å². The van der Waals surface area contributed by atoms with Crippen LogP contribution in [0.4, 0.5) is 5.69 Å². The third-order valence-corrected chi connectivity index (χ3v) is 4.14. The molecule has 0 saturated heterocycles. The van der Waals surface area contributed by atoms with Crippen LogP contribution in [0.3, 0.4) is 0 Å². The maximum absolute atomic E-state index is 5.96. The molecular weight excluding hydrogens is 228 g/mol. The van der Waals surface area contributed by atoms with E-state index in [1.54, 1.807) is 12.1 Å². The Labute approximate surface area is 100 Å². The predicted octanol–water partition coefficient (Wildman–Crippen LogP) is 3.48. The van der Waals surface area contributed by atoms with Gasteiger partial charge in [-0.1, -0.05) is 18.2 Å². The third-order valence-electron chi connectivity index (χ3n) is 2.47. The first-order valence-electron chi connectivity index (χ1n) is 5.08. The normalized spacial score (nSPS) is 16.9. The standard InChI is InChI=1S/C11H15ClN2S/c1-9(2)13-7-10-5-3-4-6-11(10)14(8-12)15-13/h3-6,9H,7-8H2,1-2H3. The van der Waals surface area contributed by atoms with Crippen molar-refractivity contribution in [1.29, 1.82) is 0 Å². The molecule has 0 fully saturated rings. The van der Waals surface area contributed by atoms with Gasteiger partial charge in [-0.3, -0.25) is 4.31 Å². The van der Waals surface area contributed by atoms with E-state index in [0.717, 1.165) is 6.54 Å². The van der Waals surface area contributed by atoms with Gasteiger partial charge >= 0.3 is 0 Å². The van der Waals surface area contributed by atoms with Gasteiger partial charge in [-0.2, -0.15) is 0 Å². The van der Waals surface area contributed by atoms with Crippen LogP contribution >= 0.6 is 23.7 Å². The topological polar surface area (TPSA) is 6.48 Å². The minimum Gasteiger partial charge on any atom is -0.288 e. The van der Waals surface area contributed by atoms with E-state index in [2.05, 4.69) is 46.7 Å². The van der Waals surface area contributed by atoms with Gasteiger partial charge in [-0.05, 0) is 25.5 Å². The Morgan fingerprint density at radius 1 is 1.40 bits per heavy atom. The van der Waals surface area contributed by atoms with Crippen LogP contribution < -0.4 is 4.31 Å². The number of halogens is 1. The van der Waals surface area contributed by atoms with Crippen LogP contribution in [0.15, 0.2) is 24.3 Å². The average Bonchev–Trinajstić information content (AvgIpc) is 2.27. The van der Waals surface area contributed by atoms with Crippen LogP contribution in [0.5, 0.6) is 0 Å². The van der Waals surface area contributed by atoms with Crippen molar-refractivity contribution in [3.05, 3.63) is 29.8 Å². The first kappa shape index (κ1) is 11.1. The van der Waals surface area contributed by atoms with Gasteiger partial charge in [0.2, 0.25) is 0 Å². The highest BCUT2D eigenvalue weighted by molar-refractivity contribution is 7.98. The summed E-state index contributed by atoms with van der Waals surface area (Å²) in [6, 6.07) is 9.48. The molecular formula is C11H15ClN2S. The van der Waals surface area contributed by atoms with E-state index in [9.17, 15) is 0 Å². The van der Waals surface area contributed by atoms with E-state index in [-0.39, 0.29) is 0 Å². The molecule has 0 N–H and O–H groups in total. The Balaban J connectivity index is 2.30. The average molecular weight is 243 g/mol. The highest BCUT2D eigenvalue weighted by Gasteiger charge is 2.24. The lowest BCUT2D eigenvalue weighted by molar-refractivity contribution is 0.386. The van der Waals surface area contributed by atoms with Crippen LogP contribution in [-0.4, -0.2) is 16.4 Å². The molecule has 0 saturated carbocycles. The molecule has 0 aromatic heterocycles. The van der Waals surface area contributed by atoms with E-state index < -0.39 is 0 Å². The van der Waals surface area contributed by atoms with Gasteiger partial charge in [0, 0.05) is 24.7 Å². The van der Waals surface area contributed by atoms with E-state index in [1.807, 2.05) is 0 Å². The summed E-state index contributed by atoms with van der Waals surface area (Å²) in [6.07, 6.45) is 0. The molecule has 82 valence electrons. The number of anilines is 1. The number of benzene rings is 1. The molecule has 1 heterocycles. The zero-order valence-corrected chi connectivity index (χ0v) is 10.6. The Morgan fingerprint density at radius 3 is 2.80 bits per heavy atom. The zero-order valence-electron chi connectivity index (χ0n) is 8.98. The van der Waals surface area contributed by atoms with Gasteiger partial charge in [0.25, 0.3) is 0 Å². The lowest BCUT2D eigenvalue weighted by Gasteiger charge is -2.37. The van der Waals surface area contributed by atoms with Crippen molar-refractivity contribution in [1.82, 2.24) is 4.31 Å². The fourth-order valence-corrected chi connectivity index (χ4v) is 2.83. The molecule has 1 aromatic carbocycles. The molecule has 0 amide bonds. The molecule has 2 nitrogen and oxygen atoms in total. The number of hydrogen-bond donors (Lipinski definition) is 0. The van der Waals surface area contributed by atoms with Crippen molar-refractivity contribution in [2.45, 2.75) is 26.4 Å². The minimum atomic E-state index is 0.519. The highest BCUT2D eigenvalue weighted by Crippen LogP contribution is 2.37. The van der Waals surface area contributed by atoms with Gasteiger partial charge < -0.3 is 0 Å². The molecule has 1 aliphatic rings. The summed E-state index contributed by atoms with van der Waals surface area (Å²) in [4.78, 5) is 0. The van der Waals surface area contributed by atoms with Crippen LogP contribution in [0.2, 0.25) is 0 Å². The van der Waals surface area contributed by atoms with Gasteiger partial charge in [-0.15, -0.1) is 11.6 Å². The first-order valence-corrected chi connectivity index (χ1v) is 6.35. The second-order valence-corrected chi connectivity index (χ2v) is 5.19. The zero-order chi connectivity index (χ0) is 10.8. The second-order valence-electron chi connectivity index (χ2n) is 3.88. The molecule has 2 rings (SSSR count). The van der Waals surface area contributed by atoms with Gasteiger partial charge in [0.1, 0.15) is 6.00 Å². The Kier molecular flexibility index (Phi) is 3.44. The van der Waals surface area contributed by atoms with Crippen molar-refractivity contribution in [3.8, 4) is 0 Å². The number of hydrogen-bond acceptors (Lipinski definition) is 3. The SMILES string of the molecule is CC(C)N1Cc2ccccc2N(CCl)S1. The maximum Gasteiger partial charge on any atom is 0.105 e. The first-order chi connectivity index (χ1) is 7.22. The van der Waals surface area contributed by atoms with Crippen molar-refractivity contribution in [3.63, 3.8) is 0 Å². The third kappa shape index (κ3) is 2.25. The van der Waals surface area contributed by atoms with Crippen molar-refractivity contribution in [2.75, 3.05) is 10.3 Å². The number of alkyl halides is 1. The lowest BCUT2D eigenvalue weighted by atomic mass is 10.1. The second kappa shape index (κ2) is 4.64. The van der Waals surface area contributed by atoms with Gasteiger partial charge in [0.15, 0.2) is 0 Å². The number of nitrogens with zero attached hydrogens (tertiary/aromatic N) is 2. The fourth-order valence-electron chi connectivity index (χ4n) is 1.62. The quantitative estimate of drug-likeness (QED) is 0.446. The molecule has 1 aromatic rings. The van der Waals surface area contributed by atoms with Crippen molar-refractivity contribution >= 4 is 29.4 Å². The Morgan fingerprint density at radius 2 is 2.13 bits per heavy atom. The molecule has 0 atom stereocenters. The van der Waals surface area contributed by atoms with E-state index in [1.165, 1.54) is 11.3 Å². The molecule has 0 radical (unpaired) electrons. The van der Waals surface area contributed by atoms with Crippen molar-refractivity contribution < 1.29 is 0 Å². The van der Waals surface area contributed by atoms with Crippen LogP contribution in [0.1, 0.15) is 19.4 Å². The molecule has 0 unspecified atom stereocenters. The summed E-state index contributed by atoms with van der Waals surface area (Å²) in [5.74, 6) is 0. The predicted molar refractivity (Wildman–Crippen MR) is 67.9 cm³/mol. The summed E-state index contributed by atoms with van der Waals surface area (Å²) in [6.45, 7) is 5.40.